The van der Waals surface area contributed by atoms with Gasteiger partial charge in [-0.05, 0) is 25.0 Å². The van der Waals surface area contributed by atoms with Crippen LogP contribution in [-0.2, 0) is 0 Å². The van der Waals surface area contributed by atoms with Crippen molar-refractivity contribution in [1.82, 2.24) is 10.2 Å². The van der Waals surface area contributed by atoms with Crippen LogP contribution in [0.4, 0.5) is 5.69 Å². The summed E-state index contributed by atoms with van der Waals surface area (Å²) in [5.74, 6) is 2.23. The smallest absolute Gasteiger partial charge is 0.132 e. The molecule has 0 unspecified atom stereocenters. The van der Waals surface area contributed by atoms with Crippen LogP contribution in [0.5, 0.6) is 11.5 Å². The van der Waals surface area contributed by atoms with Crippen molar-refractivity contribution in [2.45, 2.75) is 18.8 Å². The third-order valence-corrected chi connectivity index (χ3v) is 4.65. The van der Waals surface area contributed by atoms with Gasteiger partial charge in [-0.3, -0.25) is 5.10 Å². The Balaban J connectivity index is 1.85. The summed E-state index contributed by atoms with van der Waals surface area (Å²) in [6.45, 7) is 2.26. The molecule has 0 atom stereocenters. The average molecular weight is 285 g/mol. The van der Waals surface area contributed by atoms with E-state index < -0.39 is 0 Å². The fourth-order valence-electron chi connectivity index (χ4n) is 3.53. The molecule has 0 saturated carbocycles. The van der Waals surface area contributed by atoms with Crippen LogP contribution < -0.4 is 14.4 Å². The Labute approximate surface area is 123 Å². The van der Waals surface area contributed by atoms with Gasteiger partial charge in [0.25, 0.3) is 0 Å². The summed E-state index contributed by atoms with van der Waals surface area (Å²) in [6.07, 6.45) is 2.46. The largest absolute Gasteiger partial charge is 0.497 e. The van der Waals surface area contributed by atoms with Crippen molar-refractivity contribution in [3.05, 3.63) is 23.9 Å². The number of ether oxygens (including phenoxy) is 2. The average Bonchev–Trinajstić information content (AvgIpc) is 3.02. The van der Waals surface area contributed by atoms with Crippen molar-refractivity contribution >= 4 is 5.69 Å². The van der Waals surface area contributed by atoms with Gasteiger partial charge in [-0.2, -0.15) is 5.10 Å². The molecular weight excluding hydrogens is 266 g/mol. The second-order valence-electron chi connectivity index (χ2n) is 5.66. The van der Waals surface area contributed by atoms with E-state index in [4.69, 9.17) is 9.47 Å². The highest BCUT2D eigenvalue weighted by Crippen LogP contribution is 2.47. The molecule has 0 aliphatic carbocycles. The number of nitrogens with one attached hydrogen (secondary N) is 1. The molecule has 3 aliphatic rings. The van der Waals surface area contributed by atoms with Crippen LogP contribution >= 0.6 is 0 Å². The molecule has 0 spiro atoms. The maximum Gasteiger partial charge on any atom is 0.132 e. The summed E-state index contributed by atoms with van der Waals surface area (Å²) >= 11 is 0. The first kappa shape index (κ1) is 12.6. The Morgan fingerprint density at radius 1 is 1.19 bits per heavy atom. The van der Waals surface area contributed by atoms with Crippen molar-refractivity contribution in [2.75, 3.05) is 32.2 Å². The highest BCUT2D eigenvalue weighted by molar-refractivity contribution is 5.82. The van der Waals surface area contributed by atoms with Crippen LogP contribution in [0.25, 0.3) is 11.3 Å². The molecule has 2 aromatic rings. The number of nitrogens with zero attached hydrogens (tertiary/aromatic N) is 2. The summed E-state index contributed by atoms with van der Waals surface area (Å²) < 4.78 is 10.8. The molecule has 2 bridgehead atoms. The van der Waals surface area contributed by atoms with E-state index in [2.05, 4.69) is 15.1 Å². The van der Waals surface area contributed by atoms with E-state index in [9.17, 15) is 0 Å². The lowest BCUT2D eigenvalue weighted by Gasteiger charge is -2.40. The van der Waals surface area contributed by atoms with Gasteiger partial charge in [0, 0.05) is 30.6 Å². The normalized spacial score (nSPS) is 17.0. The summed E-state index contributed by atoms with van der Waals surface area (Å²) in [5, 5.41) is 7.84. The lowest BCUT2D eigenvalue weighted by molar-refractivity contribution is 0.395. The van der Waals surface area contributed by atoms with Gasteiger partial charge in [0.15, 0.2) is 0 Å². The molecule has 1 saturated heterocycles. The molecule has 0 radical (unpaired) electrons. The first-order valence-corrected chi connectivity index (χ1v) is 7.37. The molecule has 1 aromatic carbocycles. The van der Waals surface area contributed by atoms with Crippen molar-refractivity contribution in [2.24, 2.45) is 0 Å². The summed E-state index contributed by atoms with van der Waals surface area (Å²) in [4.78, 5) is 2.44. The van der Waals surface area contributed by atoms with Crippen LogP contribution in [0.2, 0.25) is 0 Å². The molecule has 3 aliphatic heterocycles. The van der Waals surface area contributed by atoms with Gasteiger partial charge >= 0.3 is 0 Å². The number of benzene rings is 1. The van der Waals surface area contributed by atoms with E-state index in [1.54, 1.807) is 14.2 Å². The monoisotopic (exact) mass is 285 g/mol. The quantitative estimate of drug-likeness (QED) is 0.942. The van der Waals surface area contributed by atoms with Gasteiger partial charge in [0.2, 0.25) is 0 Å². The van der Waals surface area contributed by atoms with E-state index in [0.717, 1.165) is 35.8 Å². The summed E-state index contributed by atoms with van der Waals surface area (Å²) in [5.41, 5.74) is 4.57. The third kappa shape index (κ3) is 1.80. The molecular formula is C16H19N3O2. The first-order valence-electron chi connectivity index (χ1n) is 7.37. The minimum Gasteiger partial charge on any atom is -0.497 e. The van der Waals surface area contributed by atoms with Crippen LogP contribution in [-0.4, -0.2) is 37.5 Å². The van der Waals surface area contributed by atoms with Crippen LogP contribution in [0.15, 0.2) is 18.2 Å². The molecule has 5 nitrogen and oxygen atoms in total. The predicted molar refractivity (Wildman–Crippen MR) is 81.3 cm³/mol. The van der Waals surface area contributed by atoms with Gasteiger partial charge in [-0.25, -0.2) is 0 Å². The Morgan fingerprint density at radius 2 is 2.00 bits per heavy atom. The van der Waals surface area contributed by atoms with Crippen LogP contribution in [0, 0.1) is 0 Å². The molecule has 4 heterocycles. The Morgan fingerprint density at radius 3 is 2.71 bits per heavy atom. The van der Waals surface area contributed by atoms with Gasteiger partial charge in [0.05, 0.1) is 25.6 Å². The Kier molecular flexibility index (Phi) is 2.80. The second-order valence-corrected chi connectivity index (χ2v) is 5.66. The maximum atomic E-state index is 5.53. The summed E-state index contributed by atoms with van der Waals surface area (Å²) in [6, 6.07) is 5.89. The fourth-order valence-corrected chi connectivity index (χ4v) is 3.53. The van der Waals surface area contributed by atoms with E-state index >= 15 is 0 Å². The Bertz CT molecular complexity index is 672. The Hall–Kier alpha value is -2.17. The van der Waals surface area contributed by atoms with E-state index in [0.29, 0.717) is 5.92 Å². The molecule has 110 valence electrons. The zero-order valence-corrected chi connectivity index (χ0v) is 12.3. The number of methoxy groups -OCH3 is 2. The minimum atomic E-state index is 0.635. The lowest BCUT2D eigenvalue weighted by atomic mass is 9.86. The van der Waals surface area contributed by atoms with Crippen molar-refractivity contribution in [3.8, 4) is 22.8 Å². The number of aromatic nitrogens is 2. The number of piperidine rings is 1. The third-order valence-electron chi connectivity index (χ3n) is 4.65. The molecule has 1 aromatic heterocycles. The number of fused-ring (bicyclic) bond motifs is 2. The van der Waals surface area contributed by atoms with Gasteiger partial charge in [0.1, 0.15) is 17.2 Å². The van der Waals surface area contributed by atoms with Crippen molar-refractivity contribution in [1.29, 1.82) is 0 Å². The molecule has 1 N–H and O–H groups in total. The summed E-state index contributed by atoms with van der Waals surface area (Å²) in [7, 11) is 3.35. The van der Waals surface area contributed by atoms with Crippen molar-refractivity contribution < 1.29 is 9.47 Å². The number of H-pyrrole nitrogens is 1. The van der Waals surface area contributed by atoms with Crippen molar-refractivity contribution in [3.63, 3.8) is 0 Å². The number of hydrogen-bond acceptors (Lipinski definition) is 4. The molecule has 5 heteroatoms. The maximum absolute atomic E-state index is 5.53. The lowest BCUT2D eigenvalue weighted by Crippen LogP contribution is -2.38. The molecule has 0 amide bonds. The predicted octanol–water partition coefficient (Wildman–Crippen LogP) is 2.79. The number of hydrogen-bond donors (Lipinski definition) is 1. The second kappa shape index (κ2) is 4.69. The zero-order chi connectivity index (χ0) is 14.4. The number of aromatic amines is 1. The standard InChI is InChI=1S/C16H19N3O2/c1-20-11-3-4-12(13(9-11)21-2)15-16-14(17-18-15)10-5-7-19(16)8-6-10/h3-4,9-10H,5-8H2,1-2H3,(H,17,18). The zero-order valence-electron chi connectivity index (χ0n) is 12.3. The van der Waals surface area contributed by atoms with Gasteiger partial charge in [-0.15, -0.1) is 0 Å². The first-order chi connectivity index (χ1) is 10.3. The van der Waals surface area contributed by atoms with E-state index in [1.165, 1.54) is 24.2 Å². The highest BCUT2D eigenvalue weighted by atomic mass is 16.5. The van der Waals surface area contributed by atoms with Crippen LogP contribution in [0.3, 0.4) is 0 Å². The van der Waals surface area contributed by atoms with E-state index in [-0.39, 0.29) is 0 Å². The molecule has 21 heavy (non-hydrogen) atoms. The fraction of sp³-hybridized carbons (Fsp3) is 0.438. The van der Waals surface area contributed by atoms with E-state index in [1.807, 2.05) is 18.2 Å². The van der Waals surface area contributed by atoms with Crippen LogP contribution in [0.1, 0.15) is 24.5 Å². The van der Waals surface area contributed by atoms with Gasteiger partial charge in [-0.1, -0.05) is 0 Å². The molecule has 1 fully saturated rings. The number of rotatable bonds is 3. The number of anilines is 1. The van der Waals surface area contributed by atoms with Gasteiger partial charge < -0.3 is 14.4 Å². The highest BCUT2D eigenvalue weighted by Gasteiger charge is 2.35. The minimum absolute atomic E-state index is 0.635. The topological polar surface area (TPSA) is 50.4 Å². The SMILES string of the molecule is COc1ccc(-c2n[nH]c3c2N2CCC3CC2)c(OC)c1. The molecule has 5 rings (SSSR count).